The second-order valence-electron chi connectivity index (χ2n) is 4.43. The molecule has 1 N–H and O–H groups in total. The average molecular weight is 236 g/mol. The molecule has 0 heterocycles. The normalized spacial score (nSPS) is 10.6. The van der Waals surface area contributed by atoms with Crippen molar-refractivity contribution in [3.63, 3.8) is 0 Å². The highest BCUT2D eigenvalue weighted by atomic mass is 16.3. The van der Waals surface area contributed by atoms with Crippen LogP contribution < -0.4 is 0 Å². The first-order valence-corrected chi connectivity index (χ1v) is 5.70. The van der Waals surface area contributed by atoms with Crippen LogP contribution in [-0.4, -0.2) is 55.0 Å². The van der Waals surface area contributed by atoms with E-state index in [0.29, 0.717) is 12.1 Å². The number of carbonyl (C=O) groups excluding carboxylic acids is 1. The van der Waals surface area contributed by atoms with E-state index in [2.05, 4.69) is 4.90 Å². The third-order valence-electron chi connectivity index (χ3n) is 2.54. The van der Waals surface area contributed by atoms with Crippen LogP contribution in [0.3, 0.4) is 0 Å². The maximum absolute atomic E-state index is 12.0. The fraction of sp³-hybridized carbons (Fsp3) is 0.462. The van der Waals surface area contributed by atoms with Gasteiger partial charge in [-0.3, -0.25) is 4.79 Å². The molecule has 94 valence electrons. The van der Waals surface area contributed by atoms with Gasteiger partial charge in [-0.25, -0.2) is 0 Å². The fourth-order valence-electron chi connectivity index (χ4n) is 1.58. The van der Waals surface area contributed by atoms with Crippen molar-refractivity contribution in [3.05, 3.63) is 29.8 Å². The monoisotopic (exact) mass is 236 g/mol. The zero-order valence-electron chi connectivity index (χ0n) is 10.7. The van der Waals surface area contributed by atoms with Crippen LogP contribution in [0.5, 0.6) is 5.75 Å². The molecule has 1 rings (SSSR count). The molecule has 17 heavy (non-hydrogen) atoms. The van der Waals surface area contributed by atoms with Gasteiger partial charge in [-0.1, -0.05) is 6.07 Å². The van der Waals surface area contributed by atoms with Crippen molar-refractivity contribution in [3.8, 4) is 5.75 Å². The molecular formula is C13H20N2O2. The van der Waals surface area contributed by atoms with Crippen LogP contribution in [0.15, 0.2) is 24.3 Å². The SMILES string of the molecule is CN(C)CCCN(C)C(=O)c1cccc(O)c1. The van der Waals surface area contributed by atoms with Crippen LogP contribution >= 0.6 is 0 Å². The van der Waals surface area contributed by atoms with Gasteiger partial charge in [0.25, 0.3) is 5.91 Å². The number of phenols is 1. The predicted octanol–water partition coefficient (Wildman–Crippen LogP) is 1.42. The van der Waals surface area contributed by atoms with E-state index in [1.165, 1.54) is 6.07 Å². The third-order valence-corrected chi connectivity index (χ3v) is 2.54. The number of aromatic hydroxyl groups is 1. The highest BCUT2D eigenvalue weighted by molar-refractivity contribution is 5.94. The van der Waals surface area contributed by atoms with Gasteiger partial charge < -0.3 is 14.9 Å². The summed E-state index contributed by atoms with van der Waals surface area (Å²) in [6, 6.07) is 6.44. The van der Waals surface area contributed by atoms with Gasteiger partial charge in [0.05, 0.1) is 0 Å². The van der Waals surface area contributed by atoms with Crippen molar-refractivity contribution in [1.82, 2.24) is 9.80 Å². The van der Waals surface area contributed by atoms with Crippen LogP contribution in [0.1, 0.15) is 16.8 Å². The molecule has 4 nitrogen and oxygen atoms in total. The van der Waals surface area contributed by atoms with Gasteiger partial charge in [0.2, 0.25) is 0 Å². The Morgan fingerprint density at radius 1 is 1.24 bits per heavy atom. The number of carbonyl (C=O) groups is 1. The van der Waals surface area contributed by atoms with Gasteiger partial charge in [-0.05, 0) is 45.3 Å². The molecule has 1 amide bonds. The quantitative estimate of drug-likeness (QED) is 0.840. The van der Waals surface area contributed by atoms with E-state index >= 15 is 0 Å². The van der Waals surface area contributed by atoms with E-state index in [-0.39, 0.29) is 11.7 Å². The molecule has 0 saturated carbocycles. The summed E-state index contributed by atoms with van der Waals surface area (Å²) in [7, 11) is 5.80. The highest BCUT2D eigenvalue weighted by Gasteiger charge is 2.11. The molecule has 0 radical (unpaired) electrons. The van der Waals surface area contributed by atoms with Gasteiger partial charge in [-0.2, -0.15) is 0 Å². The standard InChI is InChI=1S/C13H20N2O2/c1-14(2)8-5-9-15(3)13(17)11-6-4-7-12(16)10-11/h4,6-7,10,16H,5,8-9H2,1-3H3. The van der Waals surface area contributed by atoms with Crippen molar-refractivity contribution in [2.24, 2.45) is 0 Å². The first-order chi connectivity index (χ1) is 8.00. The van der Waals surface area contributed by atoms with Crippen molar-refractivity contribution in [1.29, 1.82) is 0 Å². The second kappa shape index (κ2) is 6.25. The smallest absolute Gasteiger partial charge is 0.253 e. The lowest BCUT2D eigenvalue weighted by Gasteiger charge is -2.18. The van der Waals surface area contributed by atoms with E-state index in [9.17, 15) is 9.90 Å². The topological polar surface area (TPSA) is 43.8 Å². The summed E-state index contributed by atoms with van der Waals surface area (Å²) in [4.78, 5) is 15.7. The average Bonchev–Trinajstić information content (AvgIpc) is 2.27. The van der Waals surface area contributed by atoms with Crippen molar-refractivity contribution in [2.75, 3.05) is 34.2 Å². The van der Waals surface area contributed by atoms with Gasteiger partial charge >= 0.3 is 0 Å². The summed E-state index contributed by atoms with van der Waals surface area (Å²) in [5.74, 6) is 0.0668. The molecule has 4 heteroatoms. The lowest BCUT2D eigenvalue weighted by molar-refractivity contribution is 0.0790. The minimum Gasteiger partial charge on any atom is -0.508 e. The number of phenolic OH excluding ortho intramolecular Hbond substituents is 1. The van der Waals surface area contributed by atoms with Gasteiger partial charge in [-0.15, -0.1) is 0 Å². The molecule has 0 aliphatic heterocycles. The molecule has 0 unspecified atom stereocenters. The van der Waals surface area contributed by atoms with Crippen LogP contribution in [0.2, 0.25) is 0 Å². The van der Waals surface area contributed by atoms with E-state index in [1.54, 1.807) is 30.1 Å². The summed E-state index contributed by atoms with van der Waals surface area (Å²) in [5, 5.41) is 9.32. The number of benzene rings is 1. The molecule has 0 bridgehead atoms. The first-order valence-electron chi connectivity index (χ1n) is 5.70. The van der Waals surface area contributed by atoms with E-state index in [1.807, 2.05) is 14.1 Å². The zero-order valence-corrected chi connectivity index (χ0v) is 10.7. The Morgan fingerprint density at radius 2 is 1.94 bits per heavy atom. The zero-order chi connectivity index (χ0) is 12.8. The molecular weight excluding hydrogens is 216 g/mol. The van der Waals surface area contributed by atoms with E-state index < -0.39 is 0 Å². The number of nitrogens with zero attached hydrogens (tertiary/aromatic N) is 2. The lowest BCUT2D eigenvalue weighted by Crippen LogP contribution is -2.29. The Hall–Kier alpha value is -1.55. The van der Waals surface area contributed by atoms with Crippen molar-refractivity contribution >= 4 is 5.91 Å². The summed E-state index contributed by atoms with van der Waals surface area (Å²) >= 11 is 0. The lowest BCUT2D eigenvalue weighted by atomic mass is 10.2. The van der Waals surface area contributed by atoms with Crippen LogP contribution in [0, 0.1) is 0 Å². The molecule has 1 aromatic rings. The summed E-state index contributed by atoms with van der Waals surface area (Å²) in [6.07, 6.45) is 0.939. The molecule has 1 aromatic carbocycles. The van der Waals surface area contributed by atoms with Crippen LogP contribution in [0.4, 0.5) is 0 Å². The molecule has 0 aliphatic rings. The summed E-state index contributed by atoms with van der Waals surface area (Å²) in [6.45, 7) is 1.67. The minimum atomic E-state index is -0.0559. The molecule has 0 saturated heterocycles. The highest BCUT2D eigenvalue weighted by Crippen LogP contribution is 2.12. The maximum Gasteiger partial charge on any atom is 0.253 e. The number of hydrogen-bond acceptors (Lipinski definition) is 3. The van der Waals surface area contributed by atoms with Crippen LogP contribution in [0.25, 0.3) is 0 Å². The van der Waals surface area contributed by atoms with Crippen LogP contribution in [-0.2, 0) is 0 Å². The molecule has 0 spiro atoms. The fourth-order valence-corrected chi connectivity index (χ4v) is 1.58. The largest absolute Gasteiger partial charge is 0.508 e. The Morgan fingerprint density at radius 3 is 2.53 bits per heavy atom. The van der Waals surface area contributed by atoms with Crippen molar-refractivity contribution in [2.45, 2.75) is 6.42 Å². The van der Waals surface area contributed by atoms with E-state index in [4.69, 9.17) is 0 Å². The number of amides is 1. The minimum absolute atomic E-state index is 0.0559. The Balaban J connectivity index is 2.52. The molecule has 0 aliphatic carbocycles. The molecule has 0 atom stereocenters. The Kier molecular flexibility index (Phi) is 4.97. The van der Waals surface area contributed by atoms with Gasteiger partial charge in [0.1, 0.15) is 5.75 Å². The van der Waals surface area contributed by atoms with E-state index in [0.717, 1.165) is 13.0 Å². The number of hydrogen-bond donors (Lipinski definition) is 1. The Labute approximate surface area is 102 Å². The summed E-state index contributed by atoms with van der Waals surface area (Å²) in [5.41, 5.74) is 0.525. The molecule has 0 aromatic heterocycles. The Bertz CT molecular complexity index is 377. The van der Waals surface area contributed by atoms with Gasteiger partial charge in [0.15, 0.2) is 0 Å². The van der Waals surface area contributed by atoms with Gasteiger partial charge in [0, 0.05) is 19.2 Å². The second-order valence-corrected chi connectivity index (χ2v) is 4.43. The maximum atomic E-state index is 12.0. The summed E-state index contributed by atoms with van der Waals surface area (Å²) < 4.78 is 0. The molecule has 0 fully saturated rings. The predicted molar refractivity (Wildman–Crippen MR) is 68.2 cm³/mol. The first kappa shape index (κ1) is 13.5. The third kappa shape index (κ3) is 4.44. The van der Waals surface area contributed by atoms with Crippen molar-refractivity contribution < 1.29 is 9.90 Å². The number of rotatable bonds is 5.